The fraction of sp³-hybridized carbons (Fsp3) is 0. The van der Waals surface area contributed by atoms with Crippen LogP contribution in [0.4, 0.5) is 9.59 Å². The molecule has 0 aromatic carbocycles. The van der Waals surface area contributed by atoms with Crippen molar-refractivity contribution in [2.75, 3.05) is 0 Å². The number of rotatable bonds is 4. The number of fused-ring (bicyclic) bond motifs is 8. The van der Waals surface area contributed by atoms with E-state index in [0.717, 1.165) is 0 Å². The first-order chi connectivity index (χ1) is 19.9. The molecule has 8 bridgehead atoms. The molecule has 0 unspecified atom stereocenters. The van der Waals surface area contributed by atoms with Gasteiger partial charge in [0.05, 0.1) is 49.7 Å². The van der Waals surface area contributed by atoms with E-state index in [4.69, 9.17) is 0 Å². The molecule has 0 radical (unpaired) electrons. The highest BCUT2D eigenvalue weighted by Gasteiger charge is 2.33. The molecule has 5 rings (SSSR count). The van der Waals surface area contributed by atoms with Crippen LogP contribution in [0.25, 0.3) is 22.3 Å². The van der Waals surface area contributed by atoms with E-state index in [0.29, 0.717) is 0 Å². The van der Waals surface area contributed by atoms with Gasteiger partial charge in [0, 0.05) is 0 Å². The third-order valence-corrected chi connectivity index (χ3v) is 6.34. The van der Waals surface area contributed by atoms with E-state index in [1.165, 1.54) is 48.5 Å². The molecule has 1 aliphatic heterocycles. The summed E-state index contributed by atoms with van der Waals surface area (Å²) in [4.78, 5) is 83.8. The highest BCUT2D eigenvalue weighted by Crippen LogP contribution is 2.20. The molecule has 5 heterocycles. The number of H-pyrrole nitrogens is 4. The van der Waals surface area contributed by atoms with Crippen LogP contribution in [0, 0.1) is 0 Å². The van der Waals surface area contributed by atoms with Crippen molar-refractivity contribution in [3.8, 4) is 0 Å². The van der Waals surface area contributed by atoms with E-state index in [1.54, 1.807) is 0 Å². The number of hydrogen-bond donors (Lipinski definition) is 9. The number of hydrogen-bond acceptors (Lipinski definition) is 6. The molecule has 0 fully saturated rings. The molecule has 3 amide bonds. The number of amides is 3. The number of aliphatic carboxylic acids is 3. The fourth-order valence-corrected chi connectivity index (χ4v) is 4.62. The van der Waals surface area contributed by atoms with E-state index >= 15 is 0 Å². The summed E-state index contributed by atoms with van der Waals surface area (Å²) in [6, 6.07) is 10.1. The van der Waals surface area contributed by atoms with Gasteiger partial charge in [-0.25, -0.2) is 24.0 Å². The van der Waals surface area contributed by atoms with Gasteiger partial charge in [0.25, 0.3) is 5.91 Å². The summed E-state index contributed by atoms with van der Waals surface area (Å²) in [6.45, 7) is 0. The van der Waals surface area contributed by atoms with Gasteiger partial charge >= 0.3 is 30.1 Å². The molecular weight excluding hydrogens is 558 g/mol. The normalized spacial score (nSPS) is 12.7. The monoisotopic (exact) mass is 575 g/mol. The number of aromatic amines is 4. The van der Waals surface area contributed by atoms with Gasteiger partial charge in [-0.15, -0.1) is 4.90 Å². The average Bonchev–Trinajstić information content (AvgIpc) is 3.69. The first-order valence-corrected chi connectivity index (χ1v) is 11.7. The van der Waals surface area contributed by atoms with Crippen LogP contribution < -0.4 is 21.4 Å². The van der Waals surface area contributed by atoms with Crippen LogP contribution >= 0.6 is 0 Å². The molecule has 4 aromatic heterocycles. The SMILES string of the molecule is O=C(O)C1=c2ccc([nH]2)=C(C(=O)O)c2ccc([nH]2)C(C(=O)N(C(=O)O)C(=O)O)=c2ccc([nH]2)=C(C(=O)O)c2ccc1[nH]2. The summed E-state index contributed by atoms with van der Waals surface area (Å²) in [5.74, 6) is -5.89. The van der Waals surface area contributed by atoms with E-state index in [9.17, 15) is 54.3 Å². The first-order valence-electron chi connectivity index (χ1n) is 11.7. The smallest absolute Gasteiger partial charge is 0.424 e. The number of aromatic nitrogens is 4. The number of carbonyl (C=O) groups is 6. The standard InChI is InChI=1S/C26H17N5O11/c32-21(31(25(39)40)26(41)42)17-9-1-3-11(27-9)18(22(33)34)13-5-7-15(29-13)20(24(37)38)16-8-6-14(30-16)19(23(35)36)12-4-2-10(17)28-12/h1-8,27-30H,(H,33,34)(H,35,36)(H,37,38)(H,39,40)(H,41,42). The highest BCUT2D eigenvalue weighted by atomic mass is 16.4. The lowest BCUT2D eigenvalue weighted by atomic mass is 10.1. The topological polar surface area (TPSA) is 270 Å². The Morgan fingerprint density at radius 2 is 0.714 bits per heavy atom. The average molecular weight is 575 g/mol. The zero-order valence-corrected chi connectivity index (χ0v) is 20.8. The number of nitrogens with one attached hydrogen (secondary N) is 4. The minimum Gasteiger partial charge on any atom is -0.478 e. The van der Waals surface area contributed by atoms with Crippen LogP contribution in [0.3, 0.4) is 0 Å². The van der Waals surface area contributed by atoms with Gasteiger partial charge < -0.3 is 45.5 Å². The molecule has 9 N–H and O–H groups in total. The third-order valence-electron chi connectivity index (χ3n) is 6.34. The Labute approximate surface area is 230 Å². The van der Waals surface area contributed by atoms with E-state index < -0.39 is 57.6 Å². The number of carboxylic acids is 3. The van der Waals surface area contributed by atoms with Crippen LogP contribution in [0.2, 0.25) is 0 Å². The second-order valence-corrected chi connectivity index (χ2v) is 8.76. The Hall–Kier alpha value is -6.58. The minimum absolute atomic E-state index is 0.0245. The largest absolute Gasteiger partial charge is 0.478 e. The molecule has 1 aliphatic rings. The van der Waals surface area contributed by atoms with Crippen LogP contribution in [-0.4, -0.2) is 86.4 Å². The first kappa shape index (κ1) is 27.0. The molecule has 16 heteroatoms. The summed E-state index contributed by atoms with van der Waals surface area (Å²) in [7, 11) is 0. The molecule has 4 aromatic rings. The Kier molecular flexibility index (Phi) is 6.34. The lowest BCUT2D eigenvalue weighted by molar-refractivity contribution is -0.131. The molecule has 16 nitrogen and oxygen atoms in total. The number of imide groups is 3. The van der Waals surface area contributed by atoms with Gasteiger partial charge in [-0.1, -0.05) is 0 Å². The Morgan fingerprint density at radius 3 is 1.00 bits per heavy atom. The number of carbonyl (C=O) groups excluding carboxylic acids is 1. The Morgan fingerprint density at radius 1 is 0.429 bits per heavy atom. The summed E-state index contributed by atoms with van der Waals surface area (Å²) in [5.41, 5.74) is -2.11. The Bertz CT molecular complexity index is 2110. The zero-order valence-electron chi connectivity index (χ0n) is 20.8. The minimum atomic E-state index is -2.12. The lowest BCUT2D eigenvalue weighted by Crippen LogP contribution is -2.42. The quantitative estimate of drug-likeness (QED) is 0.136. The van der Waals surface area contributed by atoms with Gasteiger partial charge in [0.15, 0.2) is 0 Å². The second-order valence-electron chi connectivity index (χ2n) is 8.76. The van der Waals surface area contributed by atoms with Crippen LogP contribution in [0.1, 0.15) is 22.8 Å². The van der Waals surface area contributed by atoms with Crippen molar-refractivity contribution in [1.82, 2.24) is 24.8 Å². The summed E-state index contributed by atoms with van der Waals surface area (Å²) in [5, 5.41) is 48.4. The molecule has 212 valence electrons. The van der Waals surface area contributed by atoms with Crippen molar-refractivity contribution in [2.45, 2.75) is 0 Å². The fourth-order valence-electron chi connectivity index (χ4n) is 4.62. The van der Waals surface area contributed by atoms with Gasteiger partial charge in [-0.3, -0.25) is 4.79 Å². The van der Waals surface area contributed by atoms with E-state index in [2.05, 4.69) is 19.9 Å². The molecule has 0 saturated carbocycles. The Balaban J connectivity index is 1.98. The third kappa shape index (κ3) is 4.39. The van der Waals surface area contributed by atoms with Gasteiger partial charge in [-0.2, -0.15) is 0 Å². The molecule has 0 aliphatic carbocycles. The highest BCUT2D eigenvalue weighted by molar-refractivity contribution is 6.27. The maximum absolute atomic E-state index is 13.3. The molecule has 0 atom stereocenters. The van der Waals surface area contributed by atoms with Crippen molar-refractivity contribution in [2.24, 2.45) is 0 Å². The van der Waals surface area contributed by atoms with Crippen LogP contribution in [-0.2, 0) is 19.2 Å². The van der Waals surface area contributed by atoms with E-state index in [-0.39, 0.29) is 49.7 Å². The van der Waals surface area contributed by atoms with E-state index in [1.807, 2.05) is 0 Å². The van der Waals surface area contributed by atoms with Crippen molar-refractivity contribution < 1.29 is 54.3 Å². The van der Waals surface area contributed by atoms with Gasteiger partial charge in [-0.05, 0) is 48.5 Å². The number of nitrogens with zero attached hydrogens (tertiary/aromatic N) is 1. The summed E-state index contributed by atoms with van der Waals surface area (Å²) >= 11 is 0. The molecule has 0 saturated heterocycles. The predicted molar refractivity (Wildman–Crippen MR) is 138 cm³/mol. The van der Waals surface area contributed by atoms with Gasteiger partial charge in [0.1, 0.15) is 16.7 Å². The van der Waals surface area contributed by atoms with Crippen molar-refractivity contribution in [3.63, 3.8) is 0 Å². The second kappa shape index (κ2) is 9.87. The van der Waals surface area contributed by atoms with Crippen molar-refractivity contribution in [1.29, 1.82) is 0 Å². The predicted octanol–water partition coefficient (Wildman–Crippen LogP) is -1.45. The van der Waals surface area contributed by atoms with Crippen LogP contribution in [0.5, 0.6) is 0 Å². The molecule has 0 spiro atoms. The number of carboxylic acid groups (broad SMARTS) is 5. The molecule has 42 heavy (non-hydrogen) atoms. The molecular formula is C26H17N5O11. The van der Waals surface area contributed by atoms with Crippen LogP contribution in [0.15, 0.2) is 48.5 Å². The van der Waals surface area contributed by atoms with Crippen molar-refractivity contribution >= 4 is 58.3 Å². The zero-order chi connectivity index (χ0) is 30.5. The summed E-state index contributed by atoms with van der Waals surface area (Å²) < 4.78 is 0. The maximum atomic E-state index is 13.3. The van der Waals surface area contributed by atoms with Crippen molar-refractivity contribution in [3.05, 3.63) is 92.7 Å². The summed E-state index contributed by atoms with van der Waals surface area (Å²) in [6.07, 6.45) is -4.24. The maximum Gasteiger partial charge on any atom is 0.424 e. The van der Waals surface area contributed by atoms with Gasteiger partial charge in [0.2, 0.25) is 0 Å². The lowest BCUT2D eigenvalue weighted by Gasteiger charge is -2.13.